The van der Waals surface area contributed by atoms with E-state index < -0.39 is 9.84 Å². The van der Waals surface area contributed by atoms with Crippen molar-refractivity contribution in [3.05, 3.63) is 78.4 Å². The van der Waals surface area contributed by atoms with Crippen molar-refractivity contribution >= 4 is 26.5 Å². The Bertz CT molecular complexity index is 961. The molecule has 0 aliphatic rings. The molecule has 0 atom stereocenters. The largest absolute Gasteiger partial charge is 0.351 e. The minimum atomic E-state index is -3.40. The summed E-state index contributed by atoms with van der Waals surface area (Å²) in [4.78, 5) is 12.6. The van der Waals surface area contributed by atoms with Crippen molar-refractivity contribution in [1.29, 1.82) is 0 Å². The van der Waals surface area contributed by atoms with Crippen molar-refractivity contribution < 1.29 is 13.2 Å². The third-order valence-corrected chi connectivity index (χ3v) is 5.52. The fourth-order valence-corrected chi connectivity index (χ4v) is 3.74. The maximum Gasteiger partial charge on any atom is 0.251 e. The Labute approximate surface area is 141 Å². The van der Waals surface area contributed by atoms with Gasteiger partial charge in [-0.25, -0.2) is 8.42 Å². The third kappa shape index (κ3) is 3.46. The average Bonchev–Trinajstić information content (AvgIpc) is 2.61. The standard InChI is InChI=1S/C19H17NO3S/c21-19(18-12-6-8-15-7-4-5-11-17(15)18)20-13-14-24(22,23)16-9-2-1-3-10-16/h1-12H,13-14H2,(H,20,21). The lowest BCUT2D eigenvalue weighted by atomic mass is 10.0. The van der Waals surface area contributed by atoms with Gasteiger partial charge >= 0.3 is 0 Å². The Morgan fingerprint density at radius 3 is 2.29 bits per heavy atom. The quantitative estimate of drug-likeness (QED) is 0.777. The van der Waals surface area contributed by atoms with Crippen LogP contribution in [-0.2, 0) is 9.84 Å². The lowest BCUT2D eigenvalue weighted by molar-refractivity contribution is 0.0958. The second kappa shape index (κ2) is 6.84. The fraction of sp³-hybridized carbons (Fsp3) is 0.105. The van der Waals surface area contributed by atoms with Crippen molar-refractivity contribution in [3.63, 3.8) is 0 Å². The molecule has 0 aliphatic heterocycles. The summed E-state index contributed by atoms with van der Waals surface area (Å²) in [6.07, 6.45) is 0. The highest BCUT2D eigenvalue weighted by Crippen LogP contribution is 2.18. The summed E-state index contributed by atoms with van der Waals surface area (Å²) >= 11 is 0. The van der Waals surface area contributed by atoms with Crippen molar-refractivity contribution in [2.45, 2.75) is 4.90 Å². The Kier molecular flexibility index (Phi) is 4.62. The molecule has 5 heteroatoms. The number of nitrogens with one attached hydrogen (secondary N) is 1. The molecule has 0 heterocycles. The van der Waals surface area contributed by atoms with Gasteiger partial charge in [-0.15, -0.1) is 0 Å². The molecule has 0 bridgehead atoms. The van der Waals surface area contributed by atoms with Gasteiger partial charge < -0.3 is 5.32 Å². The molecule has 0 unspecified atom stereocenters. The van der Waals surface area contributed by atoms with Gasteiger partial charge in [-0.2, -0.15) is 0 Å². The van der Waals surface area contributed by atoms with Crippen molar-refractivity contribution in [2.75, 3.05) is 12.3 Å². The van der Waals surface area contributed by atoms with Crippen LogP contribution >= 0.6 is 0 Å². The first-order valence-corrected chi connectivity index (χ1v) is 9.27. The minimum Gasteiger partial charge on any atom is -0.351 e. The van der Waals surface area contributed by atoms with Crippen LogP contribution in [0.2, 0.25) is 0 Å². The van der Waals surface area contributed by atoms with E-state index in [4.69, 9.17) is 0 Å². The molecule has 0 saturated heterocycles. The Morgan fingerprint density at radius 1 is 0.833 bits per heavy atom. The van der Waals surface area contributed by atoms with E-state index in [1.54, 1.807) is 36.4 Å². The molecular weight excluding hydrogens is 322 g/mol. The smallest absolute Gasteiger partial charge is 0.251 e. The fourth-order valence-electron chi connectivity index (χ4n) is 2.56. The number of fused-ring (bicyclic) bond motifs is 1. The van der Waals surface area contributed by atoms with Gasteiger partial charge in [0.1, 0.15) is 0 Å². The second-order valence-corrected chi connectivity index (χ2v) is 7.52. The molecule has 1 amide bonds. The summed E-state index contributed by atoms with van der Waals surface area (Å²) < 4.78 is 24.4. The van der Waals surface area contributed by atoms with Crippen LogP contribution in [0.1, 0.15) is 10.4 Å². The first kappa shape index (κ1) is 16.2. The zero-order valence-corrected chi connectivity index (χ0v) is 13.8. The zero-order chi connectivity index (χ0) is 17.0. The SMILES string of the molecule is O=C(NCCS(=O)(=O)c1ccccc1)c1cccc2ccccc12. The first-order chi connectivity index (χ1) is 11.6. The van der Waals surface area contributed by atoms with Gasteiger partial charge in [0, 0.05) is 12.1 Å². The highest BCUT2D eigenvalue weighted by atomic mass is 32.2. The summed E-state index contributed by atoms with van der Waals surface area (Å²) in [6, 6.07) is 21.3. The molecule has 24 heavy (non-hydrogen) atoms. The highest BCUT2D eigenvalue weighted by Gasteiger charge is 2.15. The molecule has 122 valence electrons. The number of carbonyl (C=O) groups is 1. The van der Waals surface area contributed by atoms with Crippen LogP contribution in [-0.4, -0.2) is 26.6 Å². The molecule has 0 saturated carbocycles. The van der Waals surface area contributed by atoms with Crippen molar-refractivity contribution in [2.24, 2.45) is 0 Å². The lowest BCUT2D eigenvalue weighted by Gasteiger charge is -2.09. The molecule has 4 nitrogen and oxygen atoms in total. The van der Waals surface area contributed by atoms with Crippen LogP contribution < -0.4 is 5.32 Å². The molecule has 0 radical (unpaired) electrons. The Balaban J connectivity index is 1.70. The molecule has 3 aromatic carbocycles. The van der Waals surface area contributed by atoms with Crippen LogP contribution in [0, 0.1) is 0 Å². The molecule has 3 rings (SSSR count). The Hall–Kier alpha value is -2.66. The number of sulfone groups is 1. The van der Waals surface area contributed by atoms with Crippen molar-refractivity contribution in [1.82, 2.24) is 5.32 Å². The minimum absolute atomic E-state index is 0.0687. The average molecular weight is 339 g/mol. The summed E-state index contributed by atoms with van der Waals surface area (Å²) in [5.41, 5.74) is 0.546. The molecule has 3 aromatic rings. The maximum absolute atomic E-state index is 12.4. The van der Waals surface area contributed by atoms with Gasteiger partial charge in [0.05, 0.1) is 10.6 Å². The second-order valence-electron chi connectivity index (χ2n) is 5.41. The Morgan fingerprint density at radius 2 is 1.50 bits per heavy atom. The molecule has 0 fully saturated rings. The summed E-state index contributed by atoms with van der Waals surface area (Å²) in [5, 5.41) is 4.52. The van der Waals surface area contributed by atoms with Gasteiger partial charge in [0.15, 0.2) is 9.84 Å². The normalized spacial score (nSPS) is 11.3. The van der Waals surface area contributed by atoms with Gasteiger partial charge in [0.2, 0.25) is 0 Å². The predicted octanol–water partition coefficient (Wildman–Crippen LogP) is 3.04. The van der Waals surface area contributed by atoms with E-state index in [1.807, 2.05) is 36.4 Å². The van der Waals surface area contributed by atoms with E-state index in [-0.39, 0.29) is 23.1 Å². The third-order valence-electron chi connectivity index (χ3n) is 3.79. The summed E-state index contributed by atoms with van der Waals surface area (Å²) in [7, 11) is -3.40. The van der Waals surface area contributed by atoms with Crippen LogP contribution in [0.3, 0.4) is 0 Å². The molecule has 0 aromatic heterocycles. The van der Waals surface area contributed by atoms with Crippen LogP contribution in [0.4, 0.5) is 0 Å². The van der Waals surface area contributed by atoms with Crippen LogP contribution in [0.5, 0.6) is 0 Å². The lowest BCUT2D eigenvalue weighted by Crippen LogP contribution is -2.29. The molecule has 0 aliphatic carbocycles. The number of amides is 1. The topological polar surface area (TPSA) is 63.2 Å². The van der Waals surface area contributed by atoms with Crippen LogP contribution in [0.15, 0.2) is 77.7 Å². The van der Waals surface area contributed by atoms with E-state index in [0.29, 0.717) is 5.56 Å². The number of hydrogen-bond donors (Lipinski definition) is 1. The van der Waals surface area contributed by atoms with Gasteiger partial charge in [-0.3, -0.25) is 4.79 Å². The maximum atomic E-state index is 12.4. The summed E-state index contributed by atoms with van der Waals surface area (Å²) in [6.45, 7) is 0.0687. The van der Waals surface area contributed by atoms with Gasteiger partial charge in [-0.1, -0.05) is 54.6 Å². The number of rotatable bonds is 5. The molecular formula is C19H17NO3S. The van der Waals surface area contributed by atoms with Crippen molar-refractivity contribution in [3.8, 4) is 0 Å². The monoisotopic (exact) mass is 339 g/mol. The van der Waals surface area contributed by atoms with Crippen LogP contribution in [0.25, 0.3) is 10.8 Å². The molecule has 0 spiro atoms. The number of carbonyl (C=O) groups excluding carboxylic acids is 1. The van der Waals surface area contributed by atoms with E-state index in [1.165, 1.54) is 0 Å². The van der Waals surface area contributed by atoms with E-state index >= 15 is 0 Å². The zero-order valence-electron chi connectivity index (χ0n) is 13.0. The van der Waals surface area contributed by atoms with E-state index in [9.17, 15) is 13.2 Å². The highest BCUT2D eigenvalue weighted by molar-refractivity contribution is 7.91. The van der Waals surface area contributed by atoms with E-state index in [0.717, 1.165) is 10.8 Å². The first-order valence-electron chi connectivity index (χ1n) is 7.62. The van der Waals surface area contributed by atoms with Gasteiger partial charge in [-0.05, 0) is 29.0 Å². The number of hydrogen-bond acceptors (Lipinski definition) is 3. The predicted molar refractivity (Wildman–Crippen MR) is 94.8 cm³/mol. The molecule has 1 N–H and O–H groups in total. The van der Waals surface area contributed by atoms with Gasteiger partial charge in [0.25, 0.3) is 5.91 Å². The van der Waals surface area contributed by atoms with E-state index in [2.05, 4.69) is 5.32 Å². The number of benzene rings is 3. The summed E-state index contributed by atoms with van der Waals surface area (Å²) in [5.74, 6) is -0.400.